The smallest absolute Gasteiger partial charge is 0.259 e. The summed E-state index contributed by atoms with van der Waals surface area (Å²) in [7, 11) is 2.04. The third kappa shape index (κ3) is 3.26. The summed E-state index contributed by atoms with van der Waals surface area (Å²) in [5, 5.41) is 0.689. The monoisotopic (exact) mass is 334 g/mol. The molecule has 0 aliphatic carbocycles. The number of likely N-dealkylation sites (N-methyl/N-ethyl adjacent to an activating group) is 1. The van der Waals surface area contributed by atoms with Crippen LogP contribution in [0.1, 0.15) is 21.3 Å². The molecule has 0 bridgehead atoms. The van der Waals surface area contributed by atoms with Crippen LogP contribution in [0.4, 0.5) is 0 Å². The van der Waals surface area contributed by atoms with Crippen LogP contribution in [0.3, 0.4) is 0 Å². The van der Waals surface area contributed by atoms with Gasteiger partial charge in [-0.05, 0) is 33.4 Å². The zero-order chi connectivity index (χ0) is 15.7. The zero-order valence-electron chi connectivity index (χ0n) is 12.8. The Morgan fingerprint density at radius 2 is 2.18 bits per heavy atom. The van der Waals surface area contributed by atoms with Crippen LogP contribution < -0.4 is 5.56 Å². The van der Waals surface area contributed by atoms with Crippen molar-refractivity contribution in [1.82, 2.24) is 19.9 Å². The van der Waals surface area contributed by atoms with Gasteiger partial charge in [0.05, 0.1) is 23.1 Å². The van der Waals surface area contributed by atoms with E-state index in [1.165, 1.54) is 4.88 Å². The van der Waals surface area contributed by atoms with Crippen LogP contribution in [0.25, 0.3) is 10.2 Å². The molecule has 116 valence electrons. The molecule has 3 aromatic rings. The quantitative estimate of drug-likeness (QED) is 0.779. The van der Waals surface area contributed by atoms with Crippen LogP contribution in [0, 0.1) is 13.8 Å². The Morgan fingerprint density at radius 3 is 2.91 bits per heavy atom. The second kappa shape index (κ2) is 6.28. The van der Waals surface area contributed by atoms with Gasteiger partial charge in [0.1, 0.15) is 10.7 Å². The van der Waals surface area contributed by atoms with Gasteiger partial charge in [-0.25, -0.2) is 9.97 Å². The average molecular weight is 334 g/mol. The first kappa shape index (κ1) is 15.3. The van der Waals surface area contributed by atoms with Crippen molar-refractivity contribution in [1.29, 1.82) is 0 Å². The number of aromatic amines is 1. The van der Waals surface area contributed by atoms with Gasteiger partial charge in [0.15, 0.2) is 0 Å². The average Bonchev–Trinajstić information content (AvgIpc) is 3.02. The molecule has 0 aromatic carbocycles. The summed E-state index contributed by atoms with van der Waals surface area (Å²) in [4.78, 5) is 29.2. The number of thiazole rings is 1. The molecular weight excluding hydrogens is 316 g/mol. The normalized spacial score (nSPS) is 11.6. The second-order valence-corrected chi connectivity index (χ2v) is 7.61. The van der Waals surface area contributed by atoms with Crippen molar-refractivity contribution < 1.29 is 0 Å². The third-order valence-electron chi connectivity index (χ3n) is 3.56. The molecular formula is C15H18N4OS2. The van der Waals surface area contributed by atoms with E-state index in [1.54, 1.807) is 22.7 Å². The molecule has 0 aliphatic heterocycles. The summed E-state index contributed by atoms with van der Waals surface area (Å²) in [6.45, 7) is 5.58. The van der Waals surface area contributed by atoms with Crippen molar-refractivity contribution in [3.63, 3.8) is 0 Å². The lowest BCUT2D eigenvalue weighted by molar-refractivity contribution is 0.323. The highest BCUT2D eigenvalue weighted by Gasteiger charge is 2.10. The fourth-order valence-corrected chi connectivity index (χ4v) is 4.03. The Bertz CT molecular complexity index is 849. The number of rotatable bonds is 5. The summed E-state index contributed by atoms with van der Waals surface area (Å²) >= 11 is 3.26. The lowest BCUT2D eigenvalue weighted by Crippen LogP contribution is -2.23. The zero-order valence-corrected chi connectivity index (χ0v) is 14.5. The Hall–Kier alpha value is -1.57. The van der Waals surface area contributed by atoms with Crippen LogP contribution >= 0.6 is 22.7 Å². The number of thiophene rings is 1. The number of H-pyrrole nitrogens is 1. The van der Waals surface area contributed by atoms with E-state index in [4.69, 9.17) is 0 Å². The van der Waals surface area contributed by atoms with Gasteiger partial charge in [-0.3, -0.25) is 9.69 Å². The number of aryl methyl sites for hydroxylation is 2. The van der Waals surface area contributed by atoms with E-state index in [0.717, 1.165) is 34.2 Å². The lowest BCUT2D eigenvalue weighted by atomic mass is 10.3. The summed E-state index contributed by atoms with van der Waals surface area (Å²) in [5.74, 6) is 0.725. The van der Waals surface area contributed by atoms with Gasteiger partial charge in [0.2, 0.25) is 0 Å². The lowest BCUT2D eigenvalue weighted by Gasteiger charge is -2.15. The van der Waals surface area contributed by atoms with E-state index >= 15 is 0 Å². The van der Waals surface area contributed by atoms with Crippen LogP contribution in [0.5, 0.6) is 0 Å². The van der Waals surface area contributed by atoms with E-state index in [0.29, 0.717) is 11.9 Å². The highest BCUT2D eigenvalue weighted by Crippen LogP contribution is 2.20. The van der Waals surface area contributed by atoms with Crippen LogP contribution in [0.15, 0.2) is 16.4 Å². The van der Waals surface area contributed by atoms with Gasteiger partial charge >= 0.3 is 0 Å². The first-order valence-corrected chi connectivity index (χ1v) is 8.79. The number of aromatic nitrogens is 3. The molecule has 5 nitrogen and oxygen atoms in total. The maximum absolute atomic E-state index is 12.1. The summed E-state index contributed by atoms with van der Waals surface area (Å²) in [6, 6.07) is 1.89. The molecule has 0 fully saturated rings. The van der Waals surface area contributed by atoms with Crippen molar-refractivity contribution >= 4 is 32.9 Å². The van der Waals surface area contributed by atoms with Gasteiger partial charge in [0.25, 0.3) is 5.56 Å². The number of nitrogens with zero attached hydrogens (tertiary/aromatic N) is 3. The van der Waals surface area contributed by atoms with Gasteiger partial charge in [0, 0.05) is 16.3 Å². The molecule has 0 radical (unpaired) electrons. The molecule has 0 unspecified atom stereocenters. The molecule has 3 heterocycles. The molecule has 22 heavy (non-hydrogen) atoms. The second-order valence-electron chi connectivity index (χ2n) is 5.44. The molecule has 3 aromatic heterocycles. The van der Waals surface area contributed by atoms with Crippen LogP contribution in [-0.4, -0.2) is 33.4 Å². The first-order valence-electron chi connectivity index (χ1n) is 7.10. The summed E-state index contributed by atoms with van der Waals surface area (Å²) in [6.07, 6.45) is 0.970. The van der Waals surface area contributed by atoms with Crippen molar-refractivity contribution in [3.05, 3.63) is 43.2 Å². The Labute approximate surface area is 136 Å². The predicted octanol–water partition coefficient (Wildman–Crippen LogP) is 2.73. The van der Waals surface area contributed by atoms with E-state index in [1.807, 2.05) is 32.5 Å². The Morgan fingerprint density at radius 1 is 1.36 bits per heavy atom. The number of hydrogen-bond donors (Lipinski definition) is 1. The van der Waals surface area contributed by atoms with E-state index in [2.05, 4.69) is 19.9 Å². The maximum atomic E-state index is 12.1. The molecule has 0 atom stereocenters. The van der Waals surface area contributed by atoms with Crippen molar-refractivity contribution in [3.8, 4) is 0 Å². The van der Waals surface area contributed by atoms with Gasteiger partial charge in [-0.2, -0.15) is 0 Å². The minimum absolute atomic E-state index is 0.0453. The third-order valence-corrected chi connectivity index (χ3v) is 5.50. The standard InChI is InChI=1S/C15H18N4OS2/c1-9-6-11-14(20)17-13(18-15(11)22-9)7-19(3)5-4-12-10(2)16-8-21-12/h6,8H,4-5,7H2,1-3H3,(H,17,18,20). The molecule has 0 amide bonds. The van der Waals surface area contributed by atoms with Crippen molar-refractivity contribution in [2.75, 3.05) is 13.6 Å². The molecule has 0 saturated carbocycles. The fraction of sp³-hybridized carbons (Fsp3) is 0.400. The highest BCUT2D eigenvalue weighted by molar-refractivity contribution is 7.18. The first-order chi connectivity index (χ1) is 10.5. The molecule has 1 N–H and O–H groups in total. The fourth-order valence-electron chi connectivity index (χ4n) is 2.36. The molecule has 7 heteroatoms. The van der Waals surface area contributed by atoms with E-state index in [9.17, 15) is 4.79 Å². The summed E-state index contributed by atoms with van der Waals surface area (Å²) in [5.41, 5.74) is 2.95. The Balaban J connectivity index is 1.69. The van der Waals surface area contributed by atoms with Gasteiger partial charge < -0.3 is 4.98 Å². The highest BCUT2D eigenvalue weighted by atomic mass is 32.1. The van der Waals surface area contributed by atoms with Gasteiger partial charge in [-0.15, -0.1) is 22.7 Å². The van der Waals surface area contributed by atoms with E-state index in [-0.39, 0.29) is 5.56 Å². The topological polar surface area (TPSA) is 61.9 Å². The molecule has 0 saturated heterocycles. The minimum Gasteiger partial charge on any atom is -0.309 e. The van der Waals surface area contributed by atoms with Crippen LogP contribution in [0.2, 0.25) is 0 Å². The SMILES string of the molecule is Cc1cc2c(=O)[nH]c(CN(C)CCc3scnc3C)nc2s1. The minimum atomic E-state index is -0.0453. The summed E-state index contributed by atoms with van der Waals surface area (Å²) < 4.78 is 0. The predicted molar refractivity (Wildman–Crippen MR) is 91.9 cm³/mol. The number of nitrogens with one attached hydrogen (secondary N) is 1. The van der Waals surface area contributed by atoms with Crippen LogP contribution in [-0.2, 0) is 13.0 Å². The number of fused-ring (bicyclic) bond motifs is 1. The molecule has 0 spiro atoms. The number of hydrogen-bond acceptors (Lipinski definition) is 6. The maximum Gasteiger partial charge on any atom is 0.259 e. The van der Waals surface area contributed by atoms with Gasteiger partial charge in [-0.1, -0.05) is 0 Å². The molecule has 0 aliphatic rings. The molecule has 3 rings (SSSR count). The van der Waals surface area contributed by atoms with Crippen molar-refractivity contribution in [2.24, 2.45) is 0 Å². The van der Waals surface area contributed by atoms with Crippen molar-refractivity contribution in [2.45, 2.75) is 26.8 Å². The van der Waals surface area contributed by atoms with E-state index < -0.39 is 0 Å². The largest absolute Gasteiger partial charge is 0.309 e. The Kier molecular flexibility index (Phi) is 4.37.